The molecule has 0 aliphatic rings. The van der Waals surface area contributed by atoms with Gasteiger partial charge in [-0.05, 0) is 0 Å². The molecule has 0 amide bonds. The van der Waals surface area contributed by atoms with Crippen molar-refractivity contribution < 1.29 is 26.8 Å². The van der Waals surface area contributed by atoms with Crippen molar-refractivity contribution >= 4 is 0 Å². The second-order valence-corrected chi connectivity index (χ2v) is 11.5. The Kier molecular flexibility index (Phi) is 8.21. The zero-order valence-corrected chi connectivity index (χ0v) is 17.2. The van der Waals surface area contributed by atoms with Crippen LogP contribution in [-0.2, 0) is 21.1 Å². The number of para-hydroxylation sites is 2. The summed E-state index contributed by atoms with van der Waals surface area (Å²) in [5.41, 5.74) is 0. The average molecular weight is 412 g/mol. The zero-order chi connectivity index (χ0) is 17.8. The van der Waals surface area contributed by atoms with Crippen LogP contribution in [0.15, 0.2) is 105 Å². The summed E-state index contributed by atoms with van der Waals surface area (Å²) in [7, 11) is 0. The summed E-state index contributed by atoms with van der Waals surface area (Å²) in [6.07, 6.45) is 12.0. The molecule has 25 heavy (non-hydrogen) atoms. The van der Waals surface area contributed by atoms with Crippen molar-refractivity contribution in [2.75, 3.05) is 0 Å². The third-order valence-corrected chi connectivity index (χ3v) is 9.26. The van der Waals surface area contributed by atoms with E-state index in [-0.39, 0.29) is 0 Å². The first kappa shape index (κ1) is 19.2. The van der Waals surface area contributed by atoms with Gasteiger partial charge >= 0.3 is 157 Å². The van der Waals surface area contributed by atoms with Gasteiger partial charge in [-0.1, -0.05) is 0 Å². The molecular weight excluding hydrogens is 387 g/mol. The van der Waals surface area contributed by atoms with Crippen LogP contribution in [0, 0.1) is 0 Å². The standard InChI is InChI=1S/2C6H6O.2C5H7.Zr/c2*7-6-4-2-1-3-5-6;2*1-3-5-4-2;/h2*1-5,7H;2*1,3-5H,2H3;/q;;;;+2/p-2. The molecule has 0 saturated carbocycles. The Morgan fingerprint density at radius 2 is 1.00 bits per heavy atom. The molecule has 0 aliphatic carbocycles. The maximum atomic E-state index is 6.45. The Hall–Kier alpha value is -2.12. The van der Waals surface area contributed by atoms with E-state index >= 15 is 0 Å². The number of hydrogen-bond donors (Lipinski definition) is 0. The van der Waals surface area contributed by atoms with E-state index in [2.05, 4.69) is 7.57 Å². The molecule has 0 saturated heterocycles. The fourth-order valence-electron chi connectivity index (χ4n) is 2.16. The first-order valence-electron chi connectivity index (χ1n) is 8.37. The van der Waals surface area contributed by atoms with Crippen molar-refractivity contribution in [3.05, 3.63) is 105 Å². The molecule has 3 heteroatoms. The van der Waals surface area contributed by atoms with Crippen molar-refractivity contribution in [3.63, 3.8) is 0 Å². The van der Waals surface area contributed by atoms with E-state index < -0.39 is 21.1 Å². The van der Waals surface area contributed by atoms with E-state index in [1.54, 1.807) is 0 Å². The van der Waals surface area contributed by atoms with Crippen LogP contribution < -0.4 is 5.63 Å². The summed E-state index contributed by atoms with van der Waals surface area (Å²) in [6, 6.07) is 19.7. The molecule has 0 radical (unpaired) electrons. The van der Waals surface area contributed by atoms with Crippen LogP contribution in [-0.4, -0.2) is 0 Å². The summed E-state index contributed by atoms with van der Waals surface area (Å²) in [5.74, 6) is 1.65. The minimum atomic E-state index is -3.72. The normalized spacial score (nSPS) is 12.6. The minimum absolute atomic E-state index is 0.824. The maximum absolute atomic E-state index is 6.45. The average Bonchev–Trinajstić information content (AvgIpc) is 2.64. The molecule has 2 aromatic carbocycles. The molecule has 2 aromatic rings. The van der Waals surface area contributed by atoms with Crippen LogP contribution >= 0.6 is 0 Å². The molecular formula is C22H24O2Zr. The summed E-state index contributed by atoms with van der Waals surface area (Å²) >= 11 is -3.72. The second-order valence-electron chi connectivity index (χ2n) is 5.32. The first-order valence-corrected chi connectivity index (χ1v) is 13.2. The van der Waals surface area contributed by atoms with Crippen LogP contribution in [0.3, 0.4) is 0 Å². The van der Waals surface area contributed by atoms with Gasteiger partial charge in [-0.25, -0.2) is 0 Å². The molecule has 0 aromatic heterocycles. The zero-order valence-electron chi connectivity index (χ0n) is 14.7. The number of hydrogen-bond acceptors (Lipinski definition) is 2. The Morgan fingerprint density at radius 1 is 0.600 bits per heavy atom. The predicted molar refractivity (Wildman–Crippen MR) is 102 cm³/mol. The topological polar surface area (TPSA) is 18.5 Å². The van der Waals surface area contributed by atoms with Crippen LogP contribution in [0.2, 0.25) is 0 Å². The van der Waals surface area contributed by atoms with E-state index in [9.17, 15) is 0 Å². The van der Waals surface area contributed by atoms with Gasteiger partial charge in [0.2, 0.25) is 0 Å². The van der Waals surface area contributed by atoms with E-state index in [0.717, 1.165) is 11.5 Å². The number of allylic oxidation sites excluding steroid dienone is 6. The Morgan fingerprint density at radius 3 is 1.36 bits per heavy atom. The molecule has 0 N–H and O–H groups in total. The predicted octanol–water partition coefficient (Wildman–Crippen LogP) is 6.31. The monoisotopic (exact) mass is 410 g/mol. The number of benzene rings is 2. The summed E-state index contributed by atoms with van der Waals surface area (Å²) in [5, 5.41) is 0. The van der Waals surface area contributed by atoms with Gasteiger partial charge in [0, 0.05) is 0 Å². The Labute approximate surface area is 156 Å². The Balaban J connectivity index is 2.42. The number of rotatable bonds is 8. The summed E-state index contributed by atoms with van der Waals surface area (Å²) in [6.45, 7) is 3.99. The van der Waals surface area contributed by atoms with Gasteiger partial charge in [-0.15, -0.1) is 0 Å². The first-order chi connectivity index (χ1) is 12.3. The van der Waals surface area contributed by atoms with Crippen LogP contribution in [0.5, 0.6) is 11.5 Å². The van der Waals surface area contributed by atoms with E-state index in [1.165, 1.54) is 0 Å². The van der Waals surface area contributed by atoms with Crippen LogP contribution in [0.1, 0.15) is 13.8 Å². The van der Waals surface area contributed by atoms with Gasteiger partial charge in [0.1, 0.15) is 0 Å². The second kappa shape index (κ2) is 10.7. The van der Waals surface area contributed by atoms with Gasteiger partial charge in [0.15, 0.2) is 0 Å². The van der Waals surface area contributed by atoms with Crippen molar-refractivity contribution in [1.29, 1.82) is 0 Å². The third-order valence-electron chi connectivity index (χ3n) is 3.31. The molecule has 128 valence electrons. The van der Waals surface area contributed by atoms with Gasteiger partial charge < -0.3 is 0 Å². The Bertz CT molecular complexity index is 666. The van der Waals surface area contributed by atoms with E-state index in [4.69, 9.17) is 5.63 Å². The molecule has 0 bridgehead atoms. The SMILES string of the molecule is CC=CC=[CH][Zr]([CH]=CC=CC)([O]c1ccccc1)[O]c1ccccc1. The summed E-state index contributed by atoms with van der Waals surface area (Å²) < 4.78 is 17.1. The third kappa shape index (κ3) is 6.72. The van der Waals surface area contributed by atoms with Crippen molar-refractivity contribution in [2.24, 2.45) is 0 Å². The van der Waals surface area contributed by atoms with Crippen LogP contribution in [0.25, 0.3) is 0 Å². The van der Waals surface area contributed by atoms with Crippen LogP contribution in [0.4, 0.5) is 0 Å². The quantitative estimate of drug-likeness (QED) is 0.474. The van der Waals surface area contributed by atoms with Crippen molar-refractivity contribution in [1.82, 2.24) is 0 Å². The molecule has 0 unspecified atom stereocenters. The van der Waals surface area contributed by atoms with E-state index in [0.29, 0.717) is 0 Å². The molecule has 0 spiro atoms. The fourth-order valence-corrected chi connectivity index (χ4v) is 7.55. The van der Waals surface area contributed by atoms with Crippen molar-refractivity contribution in [2.45, 2.75) is 13.8 Å². The van der Waals surface area contributed by atoms with Gasteiger partial charge in [0.05, 0.1) is 0 Å². The fraction of sp³-hybridized carbons (Fsp3) is 0.0909. The molecule has 0 heterocycles. The van der Waals surface area contributed by atoms with E-state index in [1.807, 2.05) is 111 Å². The molecule has 0 atom stereocenters. The van der Waals surface area contributed by atoms with Crippen molar-refractivity contribution in [3.8, 4) is 11.5 Å². The van der Waals surface area contributed by atoms with Gasteiger partial charge in [-0.2, -0.15) is 0 Å². The molecule has 0 aliphatic heterocycles. The molecule has 2 nitrogen and oxygen atoms in total. The molecule has 2 rings (SSSR count). The molecule has 0 fully saturated rings. The van der Waals surface area contributed by atoms with Gasteiger partial charge in [0.25, 0.3) is 0 Å². The van der Waals surface area contributed by atoms with Gasteiger partial charge in [-0.3, -0.25) is 0 Å². The summed E-state index contributed by atoms with van der Waals surface area (Å²) in [4.78, 5) is 0.